The molecule has 0 unspecified atom stereocenters. The standard InChI is InChI=1S/C7H6O3.Na/c8-6-4-2-1-3-5(6)7(9)10;/h1-4,8H,(H,9,10);/q;+1/p-1/i1+1,2+1,3+1,4+1,5+1,6+1;. The number of carboxylic acid groups (broad SMARTS) is 1. The molecule has 0 bridgehead atoms. The van der Waals surface area contributed by atoms with Gasteiger partial charge in [0, 0.05) is 5.56 Å². The molecule has 52 valence electrons. The van der Waals surface area contributed by atoms with E-state index in [9.17, 15) is 9.90 Å². The summed E-state index contributed by atoms with van der Waals surface area (Å²) in [5, 5.41) is 19.0. The van der Waals surface area contributed by atoms with Crippen LogP contribution in [0.3, 0.4) is 0 Å². The Morgan fingerprint density at radius 1 is 1.36 bits per heavy atom. The third kappa shape index (κ3) is 2.54. The Morgan fingerprint density at radius 2 is 1.91 bits per heavy atom. The van der Waals surface area contributed by atoms with Crippen molar-refractivity contribution in [2.75, 3.05) is 0 Å². The summed E-state index contributed by atoms with van der Waals surface area (Å²) in [6.07, 6.45) is 0. The van der Waals surface area contributed by atoms with Crippen molar-refractivity contribution in [2.24, 2.45) is 0 Å². The van der Waals surface area contributed by atoms with Gasteiger partial charge < -0.3 is 15.0 Å². The molecule has 0 saturated heterocycles. The Labute approximate surface area is 86.0 Å². The zero-order chi connectivity index (χ0) is 7.56. The van der Waals surface area contributed by atoms with E-state index < -0.39 is 5.97 Å². The van der Waals surface area contributed by atoms with Gasteiger partial charge in [0.15, 0.2) is 0 Å². The van der Waals surface area contributed by atoms with Crippen LogP contribution in [0.25, 0.3) is 0 Å². The first-order chi connectivity index (χ1) is 4.72. The maximum absolute atomic E-state index is 10.2. The first kappa shape index (κ1) is 10.5. The van der Waals surface area contributed by atoms with Crippen molar-refractivity contribution in [1.82, 2.24) is 0 Å². The van der Waals surface area contributed by atoms with E-state index in [2.05, 4.69) is 0 Å². The second-order valence-corrected chi connectivity index (χ2v) is 1.80. The molecule has 0 aliphatic rings. The van der Waals surface area contributed by atoms with Crippen LogP contribution in [0.4, 0.5) is 0 Å². The SMILES string of the molecule is O=C([O-])[13c]1[13cH][13cH][13cH][13cH][13c]1O.[Na+]. The first-order valence-electron chi connectivity index (χ1n) is 2.71. The molecule has 0 aromatic heterocycles. The van der Waals surface area contributed by atoms with Crippen LogP contribution in [-0.4, -0.2) is 11.1 Å². The third-order valence-corrected chi connectivity index (χ3v) is 1.12. The number of aromatic hydroxyl groups is 1. The summed E-state index contributed by atoms with van der Waals surface area (Å²) in [5.74, 6) is -1.62. The van der Waals surface area contributed by atoms with Crippen LogP contribution in [-0.2, 0) is 0 Å². The Balaban J connectivity index is 0.000001000. The molecule has 0 heterocycles. The second-order valence-electron chi connectivity index (χ2n) is 1.80. The van der Waals surface area contributed by atoms with Crippen molar-refractivity contribution in [2.45, 2.75) is 0 Å². The van der Waals surface area contributed by atoms with E-state index in [4.69, 9.17) is 5.11 Å². The molecule has 0 spiro atoms. The zero-order valence-corrected chi connectivity index (χ0v) is 8.07. The molecule has 1 N–H and O–H groups in total. The fourth-order valence-corrected chi connectivity index (χ4v) is 0.646. The molecule has 1 aromatic rings. The molecule has 3 nitrogen and oxygen atoms in total. The molecule has 0 amide bonds. The van der Waals surface area contributed by atoms with Crippen LogP contribution >= 0.6 is 0 Å². The number of carbonyl (C=O) groups excluding carboxylic acids is 1. The van der Waals surface area contributed by atoms with E-state index in [1.165, 1.54) is 18.2 Å². The third-order valence-electron chi connectivity index (χ3n) is 1.12. The molecule has 0 fully saturated rings. The van der Waals surface area contributed by atoms with Gasteiger partial charge in [0.05, 0.1) is 5.97 Å². The number of benzene rings is 1. The summed E-state index contributed by atoms with van der Waals surface area (Å²) in [4.78, 5) is 10.2. The van der Waals surface area contributed by atoms with Crippen molar-refractivity contribution in [1.29, 1.82) is 0 Å². The summed E-state index contributed by atoms with van der Waals surface area (Å²) in [6, 6.07) is 5.64. The van der Waals surface area contributed by atoms with Crippen molar-refractivity contribution < 1.29 is 44.6 Å². The van der Waals surface area contributed by atoms with Crippen LogP contribution in [0.2, 0.25) is 0 Å². The largest absolute Gasteiger partial charge is 1.00 e. The van der Waals surface area contributed by atoms with Crippen molar-refractivity contribution >= 4 is 5.97 Å². The van der Waals surface area contributed by atoms with Crippen LogP contribution in [0.5, 0.6) is 5.75 Å². The smallest absolute Gasteiger partial charge is 0.545 e. The fraction of sp³-hybridized carbons (Fsp3) is 0. The molecule has 0 aliphatic heterocycles. The van der Waals surface area contributed by atoms with Gasteiger partial charge in [-0.05, 0) is 12.1 Å². The molecule has 1 aromatic carbocycles. The molecular weight excluding hydrogens is 161 g/mol. The van der Waals surface area contributed by atoms with Gasteiger partial charge in [0.1, 0.15) is 5.75 Å². The topological polar surface area (TPSA) is 60.4 Å². The van der Waals surface area contributed by atoms with Crippen LogP contribution in [0, 0.1) is 0 Å². The summed E-state index contributed by atoms with van der Waals surface area (Å²) in [6.45, 7) is 0. The van der Waals surface area contributed by atoms with Crippen molar-refractivity contribution in [3.05, 3.63) is 29.8 Å². The number of hydrogen-bond acceptors (Lipinski definition) is 3. The monoisotopic (exact) mass is 166 g/mol. The molecular formula is C7H5NaO3. The van der Waals surface area contributed by atoms with Gasteiger partial charge in [-0.1, -0.05) is 12.1 Å². The zero-order valence-electron chi connectivity index (χ0n) is 6.07. The minimum absolute atomic E-state index is 0. The summed E-state index contributed by atoms with van der Waals surface area (Å²) < 4.78 is 0. The van der Waals surface area contributed by atoms with E-state index in [1.54, 1.807) is 6.07 Å². The van der Waals surface area contributed by atoms with E-state index in [0.717, 1.165) is 0 Å². The minimum Gasteiger partial charge on any atom is -0.545 e. The quantitative estimate of drug-likeness (QED) is 0.446. The molecule has 0 radical (unpaired) electrons. The molecule has 0 aliphatic carbocycles. The summed E-state index contributed by atoms with van der Waals surface area (Å²) >= 11 is 0. The van der Waals surface area contributed by atoms with Crippen LogP contribution in [0.15, 0.2) is 24.3 Å². The van der Waals surface area contributed by atoms with Gasteiger partial charge >= 0.3 is 29.6 Å². The molecule has 4 heteroatoms. The fourth-order valence-electron chi connectivity index (χ4n) is 0.646. The number of aromatic carboxylic acids is 1. The van der Waals surface area contributed by atoms with Crippen LogP contribution in [0.1, 0.15) is 10.4 Å². The minimum atomic E-state index is -1.36. The normalized spacial score (nSPS) is 8.36. The van der Waals surface area contributed by atoms with Gasteiger partial charge in [0.2, 0.25) is 0 Å². The molecule has 11 heavy (non-hydrogen) atoms. The van der Waals surface area contributed by atoms with E-state index in [-0.39, 0.29) is 40.9 Å². The number of para-hydroxylation sites is 1. The van der Waals surface area contributed by atoms with Crippen LogP contribution < -0.4 is 34.7 Å². The number of carbonyl (C=O) groups is 1. The average molecular weight is 166 g/mol. The predicted molar refractivity (Wildman–Crippen MR) is 32.4 cm³/mol. The number of phenols is 1. The summed E-state index contributed by atoms with van der Waals surface area (Å²) in [5.41, 5.74) is -0.178. The van der Waals surface area contributed by atoms with Gasteiger partial charge in [0.25, 0.3) is 0 Å². The van der Waals surface area contributed by atoms with E-state index in [0.29, 0.717) is 0 Å². The number of hydrogen-bond donors (Lipinski definition) is 1. The van der Waals surface area contributed by atoms with Gasteiger partial charge in [-0.2, -0.15) is 0 Å². The maximum atomic E-state index is 10.2. The van der Waals surface area contributed by atoms with E-state index in [1.807, 2.05) is 0 Å². The Kier molecular flexibility index (Phi) is 4.18. The average Bonchev–Trinajstić information content (AvgIpc) is 1.88. The summed E-state index contributed by atoms with van der Waals surface area (Å²) in [7, 11) is 0. The molecule has 0 saturated carbocycles. The Hall–Kier alpha value is -0.510. The number of rotatable bonds is 1. The van der Waals surface area contributed by atoms with Crippen molar-refractivity contribution in [3.63, 3.8) is 0 Å². The van der Waals surface area contributed by atoms with Gasteiger partial charge in [-0.3, -0.25) is 0 Å². The van der Waals surface area contributed by atoms with Crippen molar-refractivity contribution in [3.8, 4) is 5.75 Å². The molecule has 0 atom stereocenters. The molecule has 1 rings (SSSR count). The first-order valence-corrected chi connectivity index (χ1v) is 2.71. The van der Waals surface area contributed by atoms with Gasteiger partial charge in [-0.15, -0.1) is 0 Å². The Bertz CT molecular complexity index is 260. The number of carboxylic acids is 1. The maximum Gasteiger partial charge on any atom is 1.00 e. The van der Waals surface area contributed by atoms with E-state index >= 15 is 0 Å². The Morgan fingerprint density at radius 3 is 2.27 bits per heavy atom. The predicted octanol–water partition coefficient (Wildman–Crippen LogP) is -3.24. The van der Waals surface area contributed by atoms with Gasteiger partial charge in [-0.25, -0.2) is 0 Å². The second kappa shape index (κ2) is 4.38.